The number of carbonyl (C=O) groups is 1. The van der Waals surface area contributed by atoms with E-state index >= 15 is 0 Å². The maximum Gasteiger partial charge on any atom is 0.305 e. The van der Waals surface area contributed by atoms with Crippen molar-refractivity contribution in [3.05, 3.63) is 18.3 Å². The van der Waals surface area contributed by atoms with Gasteiger partial charge in [-0.25, -0.2) is 4.98 Å². The SMILES string of the molecule is CCOC(=O)CCCCCSc1ccc(N)cn1. The summed E-state index contributed by atoms with van der Waals surface area (Å²) in [6.07, 6.45) is 5.22. The number of anilines is 1. The molecule has 2 N–H and O–H groups in total. The van der Waals surface area contributed by atoms with Crippen molar-refractivity contribution < 1.29 is 9.53 Å². The first-order valence-electron chi connectivity index (χ1n) is 6.22. The summed E-state index contributed by atoms with van der Waals surface area (Å²) in [7, 11) is 0. The largest absolute Gasteiger partial charge is 0.466 e. The summed E-state index contributed by atoms with van der Waals surface area (Å²) in [5, 5.41) is 0.995. The molecular weight excluding hydrogens is 248 g/mol. The number of nitrogens with zero attached hydrogens (tertiary/aromatic N) is 1. The molecule has 0 fully saturated rings. The van der Waals surface area contributed by atoms with Gasteiger partial charge in [0, 0.05) is 6.42 Å². The van der Waals surface area contributed by atoms with Gasteiger partial charge in [-0.2, -0.15) is 0 Å². The van der Waals surface area contributed by atoms with E-state index in [-0.39, 0.29) is 5.97 Å². The molecular formula is C13H20N2O2S. The molecule has 0 saturated heterocycles. The zero-order valence-corrected chi connectivity index (χ0v) is 11.5. The maximum atomic E-state index is 11.1. The molecule has 1 aromatic rings. The van der Waals surface area contributed by atoms with Crippen LogP contribution in [0.4, 0.5) is 5.69 Å². The van der Waals surface area contributed by atoms with E-state index in [1.165, 1.54) is 0 Å². The van der Waals surface area contributed by atoms with E-state index in [0.29, 0.717) is 18.7 Å². The van der Waals surface area contributed by atoms with Crippen LogP contribution in [0.1, 0.15) is 32.6 Å². The Morgan fingerprint density at radius 3 is 2.89 bits per heavy atom. The molecule has 0 saturated carbocycles. The summed E-state index contributed by atoms with van der Waals surface area (Å²) >= 11 is 1.72. The highest BCUT2D eigenvalue weighted by atomic mass is 32.2. The minimum absolute atomic E-state index is 0.0923. The second-order valence-electron chi connectivity index (χ2n) is 3.89. The van der Waals surface area contributed by atoms with Gasteiger partial charge in [-0.3, -0.25) is 4.79 Å². The second-order valence-corrected chi connectivity index (χ2v) is 5.01. The third-order valence-electron chi connectivity index (χ3n) is 2.34. The molecule has 0 aromatic carbocycles. The molecule has 0 bridgehead atoms. The Kier molecular flexibility index (Phi) is 7.25. The molecule has 5 heteroatoms. The summed E-state index contributed by atoms with van der Waals surface area (Å²) in [6.45, 7) is 2.30. The van der Waals surface area contributed by atoms with Crippen LogP contribution in [-0.4, -0.2) is 23.3 Å². The third-order valence-corrected chi connectivity index (χ3v) is 3.37. The first-order valence-corrected chi connectivity index (χ1v) is 7.21. The Labute approximate surface area is 112 Å². The average Bonchev–Trinajstić information content (AvgIpc) is 2.36. The lowest BCUT2D eigenvalue weighted by atomic mass is 10.2. The van der Waals surface area contributed by atoms with Crippen molar-refractivity contribution in [3.8, 4) is 0 Å². The monoisotopic (exact) mass is 268 g/mol. The summed E-state index contributed by atoms with van der Waals surface area (Å²) in [4.78, 5) is 15.3. The van der Waals surface area contributed by atoms with Gasteiger partial charge in [-0.15, -0.1) is 11.8 Å². The van der Waals surface area contributed by atoms with Crippen molar-refractivity contribution in [3.63, 3.8) is 0 Å². The van der Waals surface area contributed by atoms with Crippen molar-refractivity contribution in [2.24, 2.45) is 0 Å². The summed E-state index contributed by atoms with van der Waals surface area (Å²) in [5.41, 5.74) is 6.25. The predicted molar refractivity (Wildman–Crippen MR) is 74.5 cm³/mol. The molecule has 100 valence electrons. The molecule has 1 heterocycles. The molecule has 1 aromatic heterocycles. The smallest absolute Gasteiger partial charge is 0.305 e. The molecule has 0 radical (unpaired) electrons. The summed E-state index contributed by atoms with van der Waals surface area (Å²) in [5.74, 6) is 0.921. The number of nitrogens with two attached hydrogens (primary N) is 1. The van der Waals surface area contributed by atoms with Crippen LogP contribution >= 0.6 is 11.8 Å². The third kappa shape index (κ3) is 6.49. The fourth-order valence-electron chi connectivity index (χ4n) is 1.44. The number of nitrogen functional groups attached to an aromatic ring is 1. The van der Waals surface area contributed by atoms with Gasteiger partial charge in [-0.05, 0) is 37.7 Å². The maximum absolute atomic E-state index is 11.1. The van der Waals surface area contributed by atoms with Crippen molar-refractivity contribution in [2.75, 3.05) is 18.1 Å². The molecule has 18 heavy (non-hydrogen) atoms. The van der Waals surface area contributed by atoms with Crippen LogP contribution in [0, 0.1) is 0 Å². The quantitative estimate of drug-likeness (QED) is 0.446. The van der Waals surface area contributed by atoms with Gasteiger partial charge in [0.1, 0.15) is 0 Å². The number of thioether (sulfide) groups is 1. The Morgan fingerprint density at radius 1 is 1.39 bits per heavy atom. The number of aromatic nitrogens is 1. The fraction of sp³-hybridized carbons (Fsp3) is 0.538. The van der Waals surface area contributed by atoms with Crippen molar-refractivity contribution in [1.29, 1.82) is 0 Å². The van der Waals surface area contributed by atoms with Crippen molar-refractivity contribution in [1.82, 2.24) is 4.98 Å². The molecule has 4 nitrogen and oxygen atoms in total. The normalized spacial score (nSPS) is 10.3. The van der Waals surface area contributed by atoms with E-state index in [4.69, 9.17) is 10.5 Å². The Morgan fingerprint density at radius 2 is 2.22 bits per heavy atom. The van der Waals surface area contributed by atoms with Gasteiger partial charge in [0.05, 0.1) is 23.5 Å². The lowest BCUT2D eigenvalue weighted by Gasteiger charge is -2.02. The highest BCUT2D eigenvalue weighted by Crippen LogP contribution is 2.18. The van der Waals surface area contributed by atoms with E-state index in [1.54, 1.807) is 18.0 Å². The minimum Gasteiger partial charge on any atom is -0.466 e. The second kappa shape index (κ2) is 8.80. The van der Waals surface area contributed by atoms with Crippen LogP contribution in [-0.2, 0) is 9.53 Å². The van der Waals surface area contributed by atoms with Gasteiger partial charge in [-0.1, -0.05) is 6.42 Å². The number of esters is 1. The lowest BCUT2D eigenvalue weighted by molar-refractivity contribution is -0.143. The summed E-state index contributed by atoms with van der Waals surface area (Å²) in [6, 6.07) is 3.79. The van der Waals surface area contributed by atoms with E-state index < -0.39 is 0 Å². The zero-order valence-electron chi connectivity index (χ0n) is 10.7. The first kappa shape index (κ1) is 14.8. The van der Waals surface area contributed by atoms with Crippen LogP contribution in [0.25, 0.3) is 0 Å². The lowest BCUT2D eigenvalue weighted by Crippen LogP contribution is -2.03. The predicted octanol–water partition coefficient (Wildman–Crippen LogP) is 2.88. The van der Waals surface area contributed by atoms with Crippen molar-refractivity contribution >= 4 is 23.4 Å². The van der Waals surface area contributed by atoms with E-state index in [9.17, 15) is 4.79 Å². The number of carbonyl (C=O) groups excluding carboxylic acids is 1. The Hall–Kier alpha value is -1.23. The van der Waals surface area contributed by atoms with Crippen LogP contribution in [0.3, 0.4) is 0 Å². The number of hydrogen-bond acceptors (Lipinski definition) is 5. The minimum atomic E-state index is -0.0923. The van der Waals surface area contributed by atoms with Crippen molar-refractivity contribution in [2.45, 2.75) is 37.6 Å². The van der Waals surface area contributed by atoms with Gasteiger partial charge in [0.2, 0.25) is 0 Å². The molecule has 0 atom stereocenters. The van der Waals surface area contributed by atoms with E-state index in [0.717, 1.165) is 30.0 Å². The van der Waals surface area contributed by atoms with Gasteiger partial charge >= 0.3 is 5.97 Å². The first-order chi connectivity index (χ1) is 8.72. The van der Waals surface area contributed by atoms with Gasteiger partial charge < -0.3 is 10.5 Å². The molecule has 0 amide bonds. The van der Waals surface area contributed by atoms with Gasteiger partial charge in [0.15, 0.2) is 0 Å². The van der Waals surface area contributed by atoms with Crippen LogP contribution in [0.15, 0.2) is 23.4 Å². The fourth-order valence-corrected chi connectivity index (χ4v) is 2.28. The van der Waals surface area contributed by atoms with E-state index in [2.05, 4.69) is 4.98 Å². The number of hydrogen-bond donors (Lipinski definition) is 1. The average molecular weight is 268 g/mol. The molecule has 0 aliphatic rings. The van der Waals surface area contributed by atoms with Crippen LogP contribution in [0.5, 0.6) is 0 Å². The number of unbranched alkanes of at least 4 members (excludes halogenated alkanes) is 2. The van der Waals surface area contributed by atoms with Crippen LogP contribution in [0.2, 0.25) is 0 Å². The summed E-state index contributed by atoms with van der Waals surface area (Å²) < 4.78 is 4.86. The highest BCUT2D eigenvalue weighted by Gasteiger charge is 2.01. The number of rotatable bonds is 8. The number of pyridine rings is 1. The molecule has 1 rings (SSSR count). The Balaban J connectivity index is 2.02. The molecule has 0 aliphatic heterocycles. The van der Waals surface area contributed by atoms with Gasteiger partial charge in [0.25, 0.3) is 0 Å². The molecule has 0 aliphatic carbocycles. The zero-order chi connectivity index (χ0) is 13.2. The van der Waals surface area contributed by atoms with Crippen LogP contribution < -0.4 is 5.73 Å². The molecule has 0 unspecified atom stereocenters. The topological polar surface area (TPSA) is 65.2 Å². The number of ether oxygens (including phenoxy) is 1. The standard InChI is InChI=1S/C13H20N2O2S/c1-2-17-13(16)6-4-3-5-9-18-12-8-7-11(14)10-15-12/h7-8,10H,2-6,9,14H2,1H3. The van der Waals surface area contributed by atoms with E-state index in [1.807, 2.05) is 19.1 Å². The molecule has 0 spiro atoms. The highest BCUT2D eigenvalue weighted by molar-refractivity contribution is 7.99. The Bertz CT molecular complexity index is 355.